The summed E-state index contributed by atoms with van der Waals surface area (Å²) in [6.07, 6.45) is -0.917. The van der Waals surface area contributed by atoms with E-state index in [0.29, 0.717) is 5.56 Å². The third-order valence-corrected chi connectivity index (χ3v) is 5.14. The second-order valence-electron chi connectivity index (χ2n) is 5.25. The largest absolute Gasteiger partial charge is 0.387 e. The summed E-state index contributed by atoms with van der Waals surface area (Å²) in [5, 5.41) is 12.3. The van der Waals surface area contributed by atoms with Crippen molar-refractivity contribution in [2.24, 2.45) is 0 Å². The summed E-state index contributed by atoms with van der Waals surface area (Å²) in [4.78, 5) is 0.185. The Kier molecular flexibility index (Phi) is 4.43. The number of hydrogen-bond donors (Lipinski definition) is 2. The summed E-state index contributed by atoms with van der Waals surface area (Å²) in [6, 6.07) is 21.4. The number of aliphatic hydroxyl groups is 1. The van der Waals surface area contributed by atoms with Gasteiger partial charge in [0.1, 0.15) is 0 Å². The van der Waals surface area contributed by atoms with Crippen molar-refractivity contribution in [3.63, 3.8) is 0 Å². The molecule has 23 heavy (non-hydrogen) atoms. The van der Waals surface area contributed by atoms with Crippen LogP contribution in [0, 0.1) is 0 Å². The van der Waals surface area contributed by atoms with Crippen LogP contribution in [-0.4, -0.2) is 20.1 Å². The standard InChI is InChI=1S/C18H17NO3S/c20-18(13-19-23(21,22)15-9-2-1-3-10-15)17-12-6-8-14-7-4-5-11-16(14)17/h1-12,18-20H,13H2. The van der Waals surface area contributed by atoms with Gasteiger partial charge in [0.05, 0.1) is 11.0 Å². The van der Waals surface area contributed by atoms with E-state index in [9.17, 15) is 13.5 Å². The van der Waals surface area contributed by atoms with Crippen LogP contribution in [0.3, 0.4) is 0 Å². The lowest BCUT2D eigenvalue weighted by atomic mass is 10.0. The van der Waals surface area contributed by atoms with E-state index in [0.717, 1.165) is 10.8 Å². The fourth-order valence-corrected chi connectivity index (χ4v) is 3.58. The van der Waals surface area contributed by atoms with E-state index in [2.05, 4.69) is 4.72 Å². The molecular formula is C18H17NO3S. The molecule has 0 aliphatic rings. The molecule has 0 heterocycles. The van der Waals surface area contributed by atoms with Crippen LogP contribution in [0.25, 0.3) is 10.8 Å². The first-order chi connectivity index (χ1) is 11.1. The number of hydrogen-bond acceptors (Lipinski definition) is 3. The molecule has 3 rings (SSSR count). The molecule has 4 nitrogen and oxygen atoms in total. The Morgan fingerprint density at radius 1 is 0.870 bits per heavy atom. The van der Waals surface area contributed by atoms with Crippen molar-refractivity contribution in [3.05, 3.63) is 78.4 Å². The molecular weight excluding hydrogens is 310 g/mol. The molecule has 0 bridgehead atoms. The van der Waals surface area contributed by atoms with Gasteiger partial charge in [-0.1, -0.05) is 60.7 Å². The third-order valence-electron chi connectivity index (χ3n) is 3.70. The lowest BCUT2D eigenvalue weighted by Crippen LogP contribution is -2.28. The minimum absolute atomic E-state index is 0.0781. The Morgan fingerprint density at radius 3 is 2.30 bits per heavy atom. The molecule has 0 aromatic heterocycles. The van der Waals surface area contributed by atoms with E-state index in [1.165, 1.54) is 12.1 Å². The first-order valence-corrected chi connectivity index (χ1v) is 8.77. The minimum atomic E-state index is -3.63. The highest BCUT2D eigenvalue weighted by atomic mass is 32.2. The van der Waals surface area contributed by atoms with Crippen molar-refractivity contribution in [2.45, 2.75) is 11.0 Å². The maximum Gasteiger partial charge on any atom is 0.240 e. The molecule has 1 atom stereocenters. The number of benzene rings is 3. The van der Waals surface area contributed by atoms with E-state index >= 15 is 0 Å². The van der Waals surface area contributed by atoms with Gasteiger partial charge in [-0.2, -0.15) is 0 Å². The lowest BCUT2D eigenvalue weighted by Gasteiger charge is -2.15. The van der Waals surface area contributed by atoms with Crippen molar-refractivity contribution in [3.8, 4) is 0 Å². The highest BCUT2D eigenvalue weighted by Crippen LogP contribution is 2.24. The molecule has 0 spiro atoms. The SMILES string of the molecule is O=S(=O)(NCC(O)c1cccc2ccccc12)c1ccccc1. The van der Waals surface area contributed by atoms with Gasteiger partial charge in [0.15, 0.2) is 0 Å². The van der Waals surface area contributed by atoms with Gasteiger partial charge in [-0.05, 0) is 28.5 Å². The first kappa shape index (κ1) is 15.7. The third kappa shape index (κ3) is 3.42. The number of rotatable bonds is 5. The average Bonchev–Trinajstić information content (AvgIpc) is 2.60. The molecule has 0 aliphatic carbocycles. The predicted molar refractivity (Wildman–Crippen MR) is 90.5 cm³/mol. The zero-order valence-electron chi connectivity index (χ0n) is 12.4. The van der Waals surface area contributed by atoms with Crippen LogP contribution in [0.5, 0.6) is 0 Å². The monoisotopic (exact) mass is 327 g/mol. The first-order valence-electron chi connectivity index (χ1n) is 7.28. The summed E-state index contributed by atoms with van der Waals surface area (Å²) in [5.41, 5.74) is 0.707. The Bertz CT molecular complexity index is 902. The van der Waals surface area contributed by atoms with Crippen LogP contribution in [0.2, 0.25) is 0 Å². The van der Waals surface area contributed by atoms with Gasteiger partial charge in [0.25, 0.3) is 0 Å². The van der Waals surface area contributed by atoms with Crippen LogP contribution in [0.15, 0.2) is 77.7 Å². The predicted octanol–water partition coefficient (Wildman–Crippen LogP) is 2.85. The molecule has 3 aromatic carbocycles. The van der Waals surface area contributed by atoms with Gasteiger partial charge in [-0.25, -0.2) is 13.1 Å². The second-order valence-corrected chi connectivity index (χ2v) is 7.02. The molecule has 1 unspecified atom stereocenters. The summed E-state index contributed by atoms with van der Waals surface area (Å²) in [6.45, 7) is -0.0781. The van der Waals surface area contributed by atoms with Crippen molar-refractivity contribution in [1.29, 1.82) is 0 Å². The van der Waals surface area contributed by atoms with Crippen LogP contribution < -0.4 is 4.72 Å². The highest BCUT2D eigenvalue weighted by molar-refractivity contribution is 7.89. The van der Waals surface area contributed by atoms with Gasteiger partial charge < -0.3 is 5.11 Å². The van der Waals surface area contributed by atoms with Crippen LogP contribution in [0.1, 0.15) is 11.7 Å². The molecule has 2 N–H and O–H groups in total. The quantitative estimate of drug-likeness (QED) is 0.757. The maximum absolute atomic E-state index is 12.2. The number of fused-ring (bicyclic) bond motifs is 1. The van der Waals surface area contributed by atoms with E-state index in [1.54, 1.807) is 18.2 Å². The Hall–Kier alpha value is -2.21. The fraction of sp³-hybridized carbons (Fsp3) is 0.111. The van der Waals surface area contributed by atoms with E-state index in [4.69, 9.17) is 0 Å². The van der Waals surface area contributed by atoms with E-state index < -0.39 is 16.1 Å². The van der Waals surface area contributed by atoms with Crippen LogP contribution in [-0.2, 0) is 10.0 Å². The van der Waals surface area contributed by atoms with Crippen molar-refractivity contribution >= 4 is 20.8 Å². The molecule has 0 saturated heterocycles. The smallest absolute Gasteiger partial charge is 0.240 e. The molecule has 5 heteroatoms. The molecule has 0 amide bonds. The number of sulfonamides is 1. The van der Waals surface area contributed by atoms with Gasteiger partial charge in [-0.3, -0.25) is 0 Å². The Morgan fingerprint density at radius 2 is 1.52 bits per heavy atom. The van der Waals surface area contributed by atoms with Crippen molar-refractivity contribution < 1.29 is 13.5 Å². The van der Waals surface area contributed by atoms with E-state index in [1.807, 2.05) is 42.5 Å². The minimum Gasteiger partial charge on any atom is -0.387 e. The Balaban J connectivity index is 1.81. The molecule has 3 aromatic rings. The van der Waals surface area contributed by atoms with Gasteiger partial charge in [0.2, 0.25) is 10.0 Å². The van der Waals surface area contributed by atoms with Crippen molar-refractivity contribution in [2.75, 3.05) is 6.54 Å². The molecule has 118 valence electrons. The van der Waals surface area contributed by atoms with E-state index in [-0.39, 0.29) is 11.4 Å². The van der Waals surface area contributed by atoms with Crippen LogP contribution in [0.4, 0.5) is 0 Å². The fourth-order valence-electron chi connectivity index (χ4n) is 2.52. The average molecular weight is 327 g/mol. The molecule has 0 radical (unpaired) electrons. The second kappa shape index (κ2) is 6.50. The zero-order chi connectivity index (χ0) is 16.3. The normalized spacial score (nSPS) is 13.1. The zero-order valence-corrected chi connectivity index (χ0v) is 13.2. The topological polar surface area (TPSA) is 66.4 Å². The summed E-state index contributed by atoms with van der Waals surface area (Å²) < 4.78 is 26.9. The number of nitrogens with one attached hydrogen (secondary N) is 1. The summed E-state index contributed by atoms with van der Waals surface area (Å²) >= 11 is 0. The molecule has 0 fully saturated rings. The number of aliphatic hydroxyl groups excluding tert-OH is 1. The van der Waals surface area contributed by atoms with Crippen molar-refractivity contribution in [1.82, 2.24) is 4.72 Å². The highest BCUT2D eigenvalue weighted by Gasteiger charge is 2.17. The van der Waals surface area contributed by atoms with Crippen LogP contribution >= 0.6 is 0 Å². The van der Waals surface area contributed by atoms with Gasteiger partial charge in [-0.15, -0.1) is 0 Å². The lowest BCUT2D eigenvalue weighted by molar-refractivity contribution is 0.183. The molecule has 0 saturated carbocycles. The summed E-state index contributed by atoms with van der Waals surface area (Å²) in [7, 11) is -3.63. The van der Waals surface area contributed by atoms with Gasteiger partial charge >= 0.3 is 0 Å². The maximum atomic E-state index is 12.2. The Labute approximate surface area is 135 Å². The summed E-state index contributed by atoms with van der Waals surface area (Å²) in [5.74, 6) is 0. The van der Waals surface area contributed by atoms with Gasteiger partial charge in [0, 0.05) is 6.54 Å². The molecule has 0 aliphatic heterocycles.